The lowest BCUT2D eigenvalue weighted by Gasteiger charge is -2.24. The molecule has 0 aromatic rings. The zero-order valence-electron chi connectivity index (χ0n) is 8.99. The molecule has 0 aliphatic carbocycles. The molecular formula is C10H19NO3. The van der Waals surface area contributed by atoms with Crippen LogP contribution < -0.4 is 5.32 Å². The molecule has 4 unspecified atom stereocenters. The van der Waals surface area contributed by atoms with Crippen molar-refractivity contribution in [3.63, 3.8) is 0 Å². The zero-order chi connectivity index (χ0) is 10.7. The van der Waals surface area contributed by atoms with Crippen LogP contribution in [0.4, 0.5) is 0 Å². The van der Waals surface area contributed by atoms with Gasteiger partial charge in [-0.25, -0.2) is 0 Å². The van der Waals surface area contributed by atoms with Crippen LogP contribution in [0.25, 0.3) is 0 Å². The average molecular weight is 201 g/mol. The largest absolute Gasteiger partial charge is 0.481 e. The van der Waals surface area contributed by atoms with Crippen molar-refractivity contribution in [1.82, 2.24) is 5.32 Å². The second kappa shape index (κ2) is 4.75. The van der Waals surface area contributed by atoms with Gasteiger partial charge in [0.25, 0.3) is 0 Å². The van der Waals surface area contributed by atoms with Crippen LogP contribution in [-0.2, 0) is 9.53 Å². The molecule has 0 amide bonds. The summed E-state index contributed by atoms with van der Waals surface area (Å²) in [5, 5.41) is 12.1. The van der Waals surface area contributed by atoms with Gasteiger partial charge < -0.3 is 15.2 Å². The predicted molar refractivity (Wildman–Crippen MR) is 53.2 cm³/mol. The van der Waals surface area contributed by atoms with E-state index in [4.69, 9.17) is 9.84 Å². The molecule has 2 N–H and O–H groups in total. The molecule has 0 bridgehead atoms. The van der Waals surface area contributed by atoms with Crippen molar-refractivity contribution >= 4 is 5.97 Å². The Morgan fingerprint density at radius 2 is 2.21 bits per heavy atom. The van der Waals surface area contributed by atoms with E-state index in [1.807, 2.05) is 13.8 Å². The normalized spacial score (nSPS) is 31.4. The van der Waals surface area contributed by atoms with Crippen molar-refractivity contribution in [1.29, 1.82) is 0 Å². The number of aliphatic carboxylic acids is 1. The van der Waals surface area contributed by atoms with Crippen molar-refractivity contribution in [3.05, 3.63) is 0 Å². The van der Waals surface area contributed by atoms with Crippen LogP contribution in [0.5, 0.6) is 0 Å². The summed E-state index contributed by atoms with van der Waals surface area (Å²) >= 11 is 0. The summed E-state index contributed by atoms with van der Waals surface area (Å²) in [6.45, 7) is 6.42. The SMILES string of the molecule is CC(NC1CCOC1C)C(C)C(=O)O. The van der Waals surface area contributed by atoms with Crippen LogP contribution in [0.3, 0.4) is 0 Å². The third-order valence-corrected chi connectivity index (χ3v) is 2.99. The molecule has 0 aromatic carbocycles. The lowest BCUT2D eigenvalue weighted by atomic mass is 10.0. The maximum atomic E-state index is 10.7. The van der Waals surface area contributed by atoms with Gasteiger partial charge in [-0.3, -0.25) is 4.79 Å². The smallest absolute Gasteiger partial charge is 0.307 e. The van der Waals surface area contributed by atoms with E-state index in [0.717, 1.165) is 13.0 Å². The zero-order valence-corrected chi connectivity index (χ0v) is 8.99. The van der Waals surface area contributed by atoms with Gasteiger partial charge in [0.15, 0.2) is 0 Å². The predicted octanol–water partition coefficient (Wildman–Crippen LogP) is 0.863. The van der Waals surface area contributed by atoms with Gasteiger partial charge in [-0.2, -0.15) is 0 Å². The summed E-state index contributed by atoms with van der Waals surface area (Å²) in [5.41, 5.74) is 0. The van der Waals surface area contributed by atoms with E-state index in [9.17, 15) is 4.79 Å². The standard InChI is InChI=1S/C10H19NO3/c1-6(10(12)13)7(2)11-9-4-5-14-8(9)3/h6-9,11H,4-5H2,1-3H3,(H,12,13). The first-order chi connectivity index (χ1) is 6.52. The van der Waals surface area contributed by atoms with Crippen LogP contribution in [0, 0.1) is 5.92 Å². The summed E-state index contributed by atoms with van der Waals surface area (Å²) in [4.78, 5) is 10.7. The van der Waals surface area contributed by atoms with Crippen LogP contribution in [0.15, 0.2) is 0 Å². The maximum absolute atomic E-state index is 10.7. The van der Waals surface area contributed by atoms with Crippen molar-refractivity contribution in [3.8, 4) is 0 Å². The van der Waals surface area contributed by atoms with Crippen LogP contribution in [-0.4, -0.2) is 35.9 Å². The van der Waals surface area contributed by atoms with Crippen LogP contribution >= 0.6 is 0 Å². The maximum Gasteiger partial charge on any atom is 0.307 e. The molecule has 82 valence electrons. The van der Waals surface area contributed by atoms with Crippen molar-refractivity contribution in [2.45, 2.75) is 45.4 Å². The van der Waals surface area contributed by atoms with Crippen LogP contribution in [0.1, 0.15) is 27.2 Å². The van der Waals surface area contributed by atoms with Crippen molar-refractivity contribution in [2.75, 3.05) is 6.61 Å². The van der Waals surface area contributed by atoms with E-state index in [-0.39, 0.29) is 18.1 Å². The molecule has 0 radical (unpaired) electrons. The lowest BCUT2D eigenvalue weighted by Crippen LogP contribution is -2.45. The summed E-state index contributed by atoms with van der Waals surface area (Å²) in [6.07, 6.45) is 1.16. The summed E-state index contributed by atoms with van der Waals surface area (Å²) in [5.74, 6) is -1.11. The second-order valence-corrected chi connectivity index (χ2v) is 4.05. The molecule has 1 heterocycles. The molecule has 1 saturated heterocycles. The molecule has 0 aromatic heterocycles. The highest BCUT2D eigenvalue weighted by molar-refractivity contribution is 5.70. The Hall–Kier alpha value is -0.610. The number of ether oxygens (including phenoxy) is 1. The van der Waals surface area contributed by atoms with E-state index >= 15 is 0 Å². The molecule has 1 aliphatic heterocycles. The number of hydrogen-bond acceptors (Lipinski definition) is 3. The number of hydrogen-bond donors (Lipinski definition) is 2. The average Bonchev–Trinajstić information content (AvgIpc) is 2.50. The number of carboxylic acid groups (broad SMARTS) is 1. The minimum Gasteiger partial charge on any atom is -0.481 e. The Labute approximate surface area is 84.6 Å². The third kappa shape index (κ3) is 2.69. The summed E-state index contributed by atoms with van der Waals surface area (Å²) in [7, 11) is 0. The highest BCUT2D eigenvalue weighted by Crippen LogP contribution is 2.15. The Morgan fingerprint density at radius 1 is 1.57 bits per heavy atom. The van der Waals surface area contributed by atoms with Gasteiger partial charge in [0.05, 0.1) is 12.0 Å². The highest BCUT2D eigenvalue weighted by Gasteiger charge is 2.28. The van der Waals surface area contributed by atoms with E-state index in [2.05, 4.69) is 5.32 Å². The number of rotatable bonds is 4. The number of nitrogens with one attached hydrogen (secondary N) is 1. The Morgan fingerprint density at radius 3 is 2.64 bits per heavy atom. The molecule has 1 rings (SSSR count). The minimum absolute atomic E-state index is 0.0124. The molecule has 14 heavy (non-hydrogen) atoms. The molecule has 4 heteroatoms. The second-order valence-electron chi connectivity index (χ2n) is 4.05. The molecule has 1 fully saturated rings. The fraction of sp³-hybridized carbons (Fsp3) is 0.900. The molecule has 0 saturated carbocycles. The van der Waals surface area contributed by atoms with Gasteiger partial charge in [-0.05, 0) is 20.3 Å². The minimum atomic E-state index is -0.753. The monoisotopic (exact) mass is 201 g/mol. The van der Waals surface area contributed by atoms with E-state index in [0.29, 0.717) is 6.04 Å². The Kier molecular flexibility index (Phi) is 3.89. The van der Waals surface area contributed by atoms with Gasteiger partial charge in [0, 0.05) is 18.7 Å². The van der Waals surface area contributed by atoms with Crippen LogP contribution in [0.2, 0.25) is 0 Å². The van der Waals surface area contributed by atoms with E-state index in [1.54, 1.807) is 6.92 Å². The fourth-order valence-electron chi connectivity index (χ4n) is 1.65. The molecule has 4 nitrogen and oxygen atoms in total. The molecular weight excluding hydrogens is 182 g/mol. The first kappa shape index (κ1) is 11.5. The summed E-state index contributed by atoms with van der Waals surface area (Å²) in [6, 6.07) is 0.286. The van der Waals surface area contributed by atoms with E-state index in [1.165, 1.54) is 0 Å². The molecule has 0 spiro atoms. The van der Waals surface area contributed by atoms with Gasteiger partial charge in [0.1, 0.15) is 0 Å². The molecule has 1 aliphatic rings. The highest BCUT2D eigenvalue weighted by atomic mass is 16.5. The topological polar surface area (TPSA) is 58.6 Å². The van der Waals surface area contributed by atoms with Gasteiger partial charge >= 0.3 is 5.97 Å². The van der Waals surface area contributed by atoms with Gasteiger partial charge in [-0.1, -0.05) is 6.92 Å². The fourth-order valence-corrected chi connectivity index (χ4v) is 1.65. The summed E-state index contributed by atoms with van der Waals surface area (Å²) < 4.78 is 5.40. The Balaban J connectivity index is 2.39. The lowest BCUT2D eigenvalue weighted by molar-refractivity contribution is -0.142. The number of carboxylic acids is 1. The van der Waals surface area contributed by atoms with E-state index < -0.39 is 5.97 Å². The molecule has 4 atom stereocenters. The third-order valence-electron chi connectivity index (χ3n) is 2.99. The first-order valence-corrected chi connectivity index (χ1v) is 5.13. The van der Waals surface area contributed by atoms with Crippen molar-refractivity contribution in [2.24, 2.45) is 5.92 Å². The van der Waals surface area contributed by atoms with Crippen molar-refractivity contribution < 1.29 is 14.6 Å². The Bertz CT molecular complexity index is 208. The van der Waals surface area contributed by atoms with Gasteiger partial charge in [0.2, 0.25) is 0 Å². The first-order valence-electron chi connectivity index (χ1n) is 5.13. The quantitative estimate of drug-likeness (QED) is 0.708. The number of carbonyl (C=O) groups is 1. The van der Waals surface area contributed by atoms with Gasteiger partial charge in [-0.15, -0.1) is 0 Å².